The van der Waals surface area contributed by atoms with E-state index in [1.165, 1.54) is 24.9 Å². The van der Waals surface area contributed by atoms with Crippen molar-refractivity contribution >= 4 is 0 Å². The summed E-state index contributed by atoms with van der Waals surface area (Å²) in [6.07, 6.45) is 2.48. The van der Waals surface area contributed by atoms with E-state index in [9.17, 15) is 5.11 Å². The Hall–Kier alpha value is -1.06. The largest absolute Gasteiger partial charge is 0.508 e. The van der Waals surface area contributed by atoms with Gasteiger partial charge in [-0.1, -0.05) is 32.4 Å². The van der Waals surface area contributed by atoms with Crippen LogP contribution in [0.1, 0.15) is 32.3 Å². The molecule has 0 aromatic heterocycles. The zero-order valence-electron chi connectivity index (χ0n) is 12.1. The number of benzene rings is 1. The fourth-order valence-corrected chi connectivity index (χ4v) is 3.06. The average molecular weight is 262 g/mol. The fraction of sp³-hybridized carbons (Fsp3) is 0.625. The number of aromatic hydroxyl groups is 1. The van der Waals surface area contributed by atoms with Gasteiger partial charge in [0, 0.05) is 19.1 Å². The maximum atomic E-state index is 9.31. The zero-order chi connectivity index (χ0) is 13.7. The monoisotopic (exact) mass is 262 g/mol. The molecule has 0 aliphatic carbocycles. The van der Waals surface area contributed by atoms with Gasteiger partial charge in [0.25, 0.3) is 0 Å². The molecule has 0 saturated carbocycles. The van der Waals surface area contributed by atoms with Crippen LogP contribution in [0.2, 0.25) is 0 Å². The Balaban J connectivity index is 1.90. The van der Waals surface area contributed by atoms with E-state index in [1.807, 2.05) is 12.1 Å². The molecule has 0 bridgehead atoms. The van der Waals surface area contributed by atoms with Gasteiger partial charge in [-0.25, -0.2) is 0 Å². The molecule has 2 unspecified atom stereocenters. The SMILES string of the molecule is CCNC1CCN(Cc2ccc(O)cc2)CC1CC. The minimum Gasteiger partial charge on any atom is -0.508 e. The second kappa shape index (κ2) is 6.92. The van der Waals surface area contributed by atoms with Crippen molar-refractivity contribution in [3.05, 3.63) is 29.8 Å². The predicted molar refractivity (Wildman–Crippen MR) is 79.2 cm³/mol. The van der Waals surface area contributed by atoms with Crippen molar-refractivity contribution in [3.63, 3.8) is 0 Å². The molecule has 0 spiro atoms. The maximum absolute atomic E-state index is 9.31. The third-order valence-electron chi connectivity index (χ3n) is 4.15. The summed E-state index contributed by atoms with van der Waals surface area (Å²) in [4.78, 5) is 2.54. The summed E-state index contributed by atoms with van der Waals surface area (Å²) in [7, 11) is 0. The number of nitrogens with zero attached hydrogens (tertiary/aromatic N) is 1. The Morgan fingerprint density at radius 1 is 1.26 bits per heavy atom. The minimum absolute atomic E-state index is 0.348. The number of nitrogens with one attached hydrogen (secondary N) is 1. The van der Waals surface area contributed by atoms with Crippen LogP contribution in [-0.2, 0) is 6.54 Å². The van der Waals surface area contributed by atoms with Gasteiger partial charge in [0.15, 0.2) is 0 Å². The molecule has 0 radical (unpaired) electrons. The summed E-state index contributed by atoms with van der Waals surface area (Å²) in [6, 6.07) is 8.28. The summed E-state index contributed by atoms with van der Waals surface area (Å²) >= 11 is 0. The molecule has 2 atom stereocenters. The van der Waals surface area contributed by atoms with Crippen LogP contribution in [0.15, 0.2) is 24.3 Å². The second-order valence-electron chi connectivity index (χ2n) is 5.52. The first kappa shape index (κ1) is 14.4. The van der Waals surface area contributed by atoms with Gasteiger partial charge in [-0.3, -0.25) is 4.90 Å². The summed E-state index contributed by atoms with van der Waals surface area (Å²) < 4.78 is 0. The molecule has 1 fully saturated rings. The van der Waals surface area contributed by atoms with Crippen LogP contribution in [0, 0.1) is 5.92 Å². The molecule has 2 rings (SSSR count). The van der Waals surface area contributed by atoms with Crippen molar-refractivity contribution in [1.82, 2.24) is 10.2 Å². The molecule has 2 N–H and O–H groups in total. The van der Waals surface area contributed by atoms with Crippen molar-refractivity contribution < 1.29 is 5.11 Å². The summed E-state index contributed by atoms with van der Waals surface area (Å²) in [6.45, 7) is 8.88. The number of piperidine rings is 1. The van der Waals surface area contributed by atoms with Crippen LogP contribution < -0.4 is 5.32 Å². The first-order valence-corrected chi connectivity index (χ1v) is 7.46. The summed E-state index contributed by atoms with van der Waals surface area (Å²) in [5.41, 5.74) is 1.29. The highest BCUT2D eigenvalue weighted by Crippen LogP contribution is 2.22. The third kappa shape index (κ3) is 3.95. The van der Waals surface area contributed by atoms with E-state index < -0.39 is 0 Å². The van der Waals surface area contributed by atoms with Crippen molar-refractivity contribution in [1.29, 1.82) is 0 Å². The quantitative estimate of drug-likeness (QED) is 0.856. The number of phenols is 1. The lowest BCUT2D eigenvalue weighted by molar-refractivity contribution is 0.129. The van der Waals surface area contributed by atoms with Crippen molar-refractivity contribution in [2.75, 3.05) is 19.6 Å². The van der Waals surface area contributed by atoms with Crippen LogP contribution in [0.3, 0.4) is 0 Å². The summed E-state index contributed by atoms with van der Waals surface area (Å²) in [5.74, 6) is 1.10. The molecule has 0 amide bonds. The van der Waals surface area contributed by atoms with Gasteiger partial charge in [-0.15, -0.1) is 0 Å². The van der Waals surface area contributed by atoms with E-state index in [0.717, 1.165) is 25.6 Å². The van der Waals surface area contributed by atoms with Gasteiger partial charge in [0.1, 0.15) is 5.75 Å². The number of hydrogen-bond donors (Lipinski definition) is 2. The van der Waals surface area contributed by atoms with E-state index in [-0.39, 0.29) is 0 Å². The number of hydrogen-bond acceptors (Lipinski definition) is 3. The highest BCUT2D eigenvalue weighted by Gasteiger charge is 2.27. The van der Waals surface area contributed by atoms with Crippen molar-refractivity contribution in [2.45, 2.75) is 39.3 Å². The Morgan fingerprint density at radius 3 is 2.63 bits per heavy atom. The lowest BCUT2D eigenvalue weighted by atomic mass is 9.89. The number of likely N-dealkylation sites (tertiary alicyclic amines) is 1. The molecule has 3 nitrogen and oxygen atoms in total. The third-order valence-corrected chi connectivity index (χ3v) is 4.15. The van der Waals surface area contributed by atoms with E-state index >= 15 is 0 Å². The van der Waals surface area contributed by atoms with Crippen LogP contribution in [-0.4, -0.2) is 35.7 Å². The number of rotatable bonds is 5. The molecule has 1 aliphatic rings. The molecular weight excluding hydrogens is 236 g/mol. The molecule has 1 aromatic carbocycles. The Bertz CT molecular complexity index is 377. The lowest BCUT2D eigenvalue weighted by Crippen LogP contribution is -2.48. The van der Waals surface area contributed by atoms with Crippen LogP contribution >= 0.6 is 0 Å². The van der Waals surface area contributed by atoms with E-state index in [1.54, 1.807) is 12.1 Å². The normalized spacial score (nSPS) is 24.5. The Morgan fingerprint density at radius 2 is 2.00 bits per heavy atom. The summed E-state index contributed by atoms with van der Waals surface area (Å²) in [5, 5.41) is 12.9. The van der Waals surface area contributed by atoms with Gasteiger partial charge < -0.3 is 10.4 Å². The standard InChI is InChI=1S/C16H26N2O/c1-3-14-12-18(10-9-16(14)17-4-2)11-13-5-7-15(19)8-6-13/h5-8,14,16-17,19H,3-4,9-12H2,1-2H3. The number of phenolic OH excluding ortho intramolecular Hbond substituents is 1. The topological polar surface area (TPSA) is 35.5 Å². The first-order valence-electron chi connectivity index (χ1n) is 7.46. The molecular formula is C16H26N2O. The first-order chi connectivity index (χ1) is 9.22. The lowest BCUT2D eigenvalue weighted by Gasteiger charge is -2.38. The molecule has 19 heavy (non-hydrogen) atoms. The predicted octanol–water partition coefficient (Wildman–Crippen LogP) is 2.60. The molecule has 1 heterocycles. The van der Waals surface area contributed by atoms with E-state index in [4.69, 9.17) is 0 Å². The van der Waals surface area contributed by atoms with E-state index in [2.05, 4.69) is 24.1 Å². The Kier molecular flexibility index (Phi) is 5.23. The molecule has 3 heteroatoms. The van der Waals surface area contributed by atoms with Crippen LogP contribution in [0.4, 0.5) is 0 Å². The van der Waals surface area contributed by atoms with Crippen molar-refractivity contribution in [2.24, 2.45) is 5.92 Å². The smallest absolute Gasteiger partial charge is 0.115 e. The van der Waals surface area contributed by atoms with Gasteiger partial charge in [0.2, 0.25) is 0 Å². The minimum atomic E-state index is 0.348. The zero-order valence-corrected chi connectivity index (χ0v) is 12.1. The van der Waals surface area contributed by atoms with Crippen LogP contribution in [0.5, 0.6) is 5.75 Å². The molecule has 1 aliphatic heterocycles. The van der Waals surface area contributed by atoms with Crippen LogP contribution in [0.25, 0.3) is 0 Å². The van der Waals surface area contributed by atoms with Gasteiger partial charge in [-0.2, -0.15) is 0 Å². The Labute approximate surface area is 116 Å². The van der Waals surface area contributed by atoms with Gasteiger partial charge in [0.05, 0.1) is 0 Å². The highest BCUT2D eigenvalue weighted by atomic mass is 16.3. The molecule has 106 valence electrons. The second-order valence-corrected chi connectivity index (χ2v) is 5.52. The van der Waals surface area contributed by atoms with Gasteiger partial charge in [-0.05, 0) is 43.1 Å². The average Bonchev–Trinajstić information content (AvgIpc) is 2.43. The molecule has 1 aromatic rings. The fourth-order valence-electron chi connectivity index (χ4n) is 3.06. The molecule has 1 saturated heterocycles. The maximum Gasteiger partial charge on any atom is 0.115 e. The highest BCUT2D eigenvalue weighted by molar-refractivity contribution is 5.25. The van der Waals surface area contributed by atoms with E-state index in [0.29, 0.717) is 11.8 Å². The van der Waals surface area contributed by atoms with Crippen molar-refractivity contribution in [3.8, 4) is 5.75 Å². The van der Waals surface area contributed by atoms with Gasteiger partial charge >= 0.3 is 0 Å².